The Labute approximate surface area is 85.9 Å². The molecule has 0 saturated carbocycles. The third-order valence-corrected chi connectivity index (χ3v) is 3.05. The van der Waals surface area contributed by atoms with Gasteiger partial charge in [0.05, 0.1) is 0 Å². The van der Waals surface area contributed by atoms with E-state index in [4.69, 9.17) is 0 Å². The molecule has 1 rings (SSSR count). The third-order valence-electron chi connectivity index (χ3n) is 1.39. The van der Waals surface area contributed by atoms with Crippen LogP contribution in [0.15, 0.2) is 24.3 Å². The van der Waals surface area contributed by atoms with Crippen LogP contribution in [0.25, 0.3) is 0 Å². The molecule has 2 heteroatoms. The van der Waals surface area contributed by atoms with Gasteiger partial charge in [0.2, 0.25) is 0 Å². The normalized spacial score (nSPS) is 10.0. The molecule has 0 unspecified atom stereocenters. The van der Waals surface area contributed by atoms with E-state index in [-0.39, 0.29) is 0 Å². The van der Waals surface area contributed by atoms with Crippen LogP contribution in [0.2, 0.25) is 0 Å². The fraction of sp³-hybridized carbons (Fsp3) is 0.333. The zero-order valence-corrected chi connectivity index (χ0v) is 9.48. The molecule has 0 nitrogen and oxygen atoms in total. The molecule has 0 fully saturated rings. The van der Waals surface area contributed by atoms with Gasteiger partial charge in [-0.05, 0) is 46.0 Å². The molecule has 0 saturated heterocycles. The molecule has 1 aromatic rings. The Hall–Kier alpha value is 0.300. The summed E-state index contributed by atoms with van der Waals surface area (Å²) in [5.74, 6) is 2.35. The van der Waals surface area contributed by atoms with E-state index in [1.807, 2.05) is 11.8 Å². The van der Waals surface area contributed by atoms with Gasteiger partial charge in [-0.15, -0.1) is 0 Å². The maximum Gasteiger partial charge on any atom is 0.0184 e. The summed E-state index contributed by atoms with van der Waals surface area (Å²) in [4.78, 5) is 0. The van der Waals surface area contributed by atoms with Gasteiger partial charge in [-0.3, -0.25) is 0 Å². The average molecular weight is 278 g/mol. The van der Waals surface area contributed by atoms with Crippen molar-refractivity contribution in [2.75, 3.05) is 5.75 Å². The standard InChI is InChI=1S/C9H11IS/c1-2-11-7-8-3-5-9(10)6-4-8/h3-6H,2,7H2,1H3. The maximum absolute atomic E-state index is 2.33. The number of rotatable bonds is 3. The lowest BCUT2D eigenvalue weighted by molar-refractivity contribution is 1.39. The molecule has 60 valence electrons. The van der Waals surface area contributed by atoms with E-state index < -0.39 is 0 Å². The van der Waals surface area contributed by atoms with Crippen molar-refractivity contribution in [2.45, 2.75) is 12.7 Å². The van der Waals surface area contributed by atoms with Gasteiger partial charge in [0, 0.05) is 9.32 Å². The topological polar surface area (TPSA) is 0 Å². The highest BCUT2D eigenvalue weighted by molar-refractivity contribution is 14.1. The summed E-state index contributed by atoms with van der Waals surface area (Å²) in [7, 11) is 0. The fourth-order valence-electron chi connectivity index (χ4n) is 0.801. The molecule has 1 aromatic carbocycles. The van der Waals surface area contributed by atoms with Crippen LogP contribution < -0.4 is 0 Å². The molecular weight excluding hydrogens is 267 g/mol. The summed E-state index contributed by atoms with van der Waals surface area (Å²) in [5.41, 5.74) is 1.43. The first-order valence-electron chi connectivity index (χ1n) is 3.65. The van der Waals surface area contributed by atoms with E-state index >= 15 is 0 Å². The third kappa shape index (κ3) is 3.47. The predicted octanol–water partition coefficient (Wildman–Crippen LogP) is 3.54. The first-order chi connectivity index (χ1) is 5.33. The van der Waals surface area contributed by atoms with Gasteiger partial charge < -0.3 is 0 Å². The molecule has 0 spiro atoms. The van der Waals surface area contributed by atoms with Crippen LogP contribution in [0.3, 0.4) is 0 Å². The molecule has 0 aromatic heterocycles. The number of halogens is 1. The summed E-state index contributed by atoms with van der Waals surface area (Å²) in [6.07, 6.45) is 0. The molecule has 0 atom stereocenters. The van der Waals surface area contributed by atoms with Crippen molar-refractivity contribution >= 4 is 34.4 Å². The Morgan fingerprint density at radius 2 is 1.91 bits per heavy atom. The lowest BCUT2D eigenvalue weighted by atomic mass is 10.2. The minimum Gasteiger partial charge on any atom is -0.157 e. The van der Waals surface area contributed by atoms with Gasteiger partial charge in [0.1, 0.15) is 0 Å². The second-order valence-corrected chi connectivity index (χ2v) is 4.78. The second-order valence-electron chi connectivity index (χ2n) is 2.26. The number of hydrogen-bond donors (Lipinski definition) is 0. The molecular formula is C9H11IS. The van der Waals surface area contributed by atoms with Crippen LogP contribution in [-0.2, 0) is 5.75 Å². The van der Waals surface area contributed by atoms with Crippen LogP contribution in [-0.4, -0.2) is 5.75 Å². The Morgan fingerprint density at radius 1 is 1.27 bits per heavy atom. The minimum absolute atomic E-state index is 1.15. The summed E-state index contributed by atoms with van der Waals surface area (Å²) >= 11 is 4.29. The smallest absolute Gasteiger partial charge is 0.0184 e. The van der Waals surface area contributed by atoms with E-state index in [1.54, 1.807) is 0 Å². The number of thioether (sulfide) groups is 1. The average Bonchev–Trinajstić information content (AvgIpc) is 2.04. The van der Waals surface area contributed by atoms with Crippen LogP contribution in [0.4, 0.5) is 0 Å². The maximum atomic E-state index is 2.33. The van der Waals surface area contributed by atoms with E-state index in [1.165, 1.54) is 14.9 Å². The van der Waals surface area contributed by atoms with E-state index in [9.17, 15) is 0 Å². The molecule has 0 aliphatic carbocycles. The molecule has 0 aliphatic heterocycles. The van der Waals surface area contributed by atoms with Crippen molar-refractivity contribution in [1.82, 2.24) is 0 Å². The summed E-state index contributed by atoms with van der Waals surface area (Å²) in [6.45, 7) is 2.19. The zero-order valence-electron chi connectivity index (χ0n) is 6.51. The van der Waals surface area contributed by atoms with Crippen LogP contribution in [0.1, 0.15) is 12.5 Å². The summed E-state index contributed by atoms with van der Waals surface area (Å²) in [6, 6.07) is 8.72. The van der Waals surface area contributed by atoms with Crippen LogP contribution in [0.5, 0.6) is 0 Å². The molecule has 0 N–H and O–H groups in total. The first kappa shape index (κ1) is 9.39. The lowest BCUT2D eigenvalue weighted by Crippen LogP contribution is -1.80. The summed E-state index contributed by atoms with van der Waals surface area (Å²) < 4.78 is 1.31. The van der Waals surface area contributed by atoms with Gasteiger partial charge >= 0.3 is 0 Å². The molecule has 11 heavy (non-hydrogen) atoms. The van der Waals surface area contributed by atoms with Crippen molar-refractivity contribution < 1.29 is 0 Å². The fourth-order valence-corrected chi connectivity index (χ4v) is 1.79. The molecule has 0 amide bonds. The Morgan fingerprint density at radius 3 is 2.45 bits per heavy atom. The minimum atomic E-state index is 1.15. The Bertz CT molecular complexity index is 205. The highest BCUT2D eigenvalue weighted by Crippen LogP contribution is 2.13. The second kappa shape index (κ2) is 5.04. The van der Waals surface area contributed by atoms with Gasteiger partial charge in [0.25, 0.3) is 0 Å². The number of benzene rings is 1. The van der Waals surface area contributed by atoms with Gasteiger partial charge in [-0.1, -0.05) is 19.1 Å². The van der Waals surface area contributed by atoms with Crippen molar-refractivity contribution in [3.8, 4) is 0 Å². The van der Waals surface area contributed by atoms with Crippen molar-refractivity contribution in [3.05, 3.63) is 33.4 Å². The lowest BCUT2D eigenvalue weighted by Gasteiger charge is -1.98. The van der Waals surface area contributed by atoms with E-state index in [0.717, 1.165) is 5.75 Å². The van der Waals surface area contributed by atoms with Gasteiger partial charge in [-0.2, -0.15) is 11.8 Å². The highest BCUT2D eigenvalue weighted by atomic mass is 127. The monoisotopic (exact) mass is 278 g/mol. The SMILES string of the molecule is CCSCc1ccc(I)cc1. The first-order valence-corrected chi connectivity index (χ1v) is 5.88. The zero-order chi connectivity index (χ0) is 8.10. The van der Waals surface area contributed by atoms with Crippen molar-refractivity contribution in [1.29, 1.82) is 0 Å². The Kier molecular flexibility index (Phi) is 4.30. The quantitative estimate of drug-likeness (QED) is 0.762. The molecule has 0 aliphatic rings. The van der Waals surface area contributed by atoms with Crippen LogP contribution in [0, 0.1) is 3.57 Å². The van der Waals surface area contributed by atoms with E-state index in [2.05, 4.69) is 53.8 Å². The van der Waals surface area contributed by atoms with Crippen molar-refractivity contribution in [3.63, 3.8) is 0 Å². The van der Waals surface area contributed by atoms with Crippen molar-refractivity contribution in [2.24, 2.45) is 0 Å². The number of hydrogen-bond acceptors (Lipinski definition) is 1. The molecule has 0 radical (unpaired) electrons. The highest BCUT2D eigenvalue weighted by Gasteiger charge is 1.90. The predicted molar refractivity (Wildman–Crippen MR) is 61.0 cm³/mol. The largest absolute Gasteiger partial charge is 0.157 e. The summed E-state index contributed by atoms with van der Waals surface area (Å²) in [5, 5.41) is 0. The van der Waals surface area contributed by atoms with E-state index in [0.29, 0.717) is 0 Å². The van der Waals surface area contributed by atoms with Gasteiger partial charge in [0.15, 0.2) is 0 Å². The molecule has 0 heterocycles. The van der Waals surface area contributed by atoms with Crippen LogP contribution >= 0.6 is 34.4 Å². The molecule has 0 bridgehead atoms. The Balaban J connectivity index is 2.52. The van der Waals surface area contributed by atoms with Gasteiger partial charge in [-0.25, -0.2) is 0 Å².